The first kappa shape index (κ1) is 53.6. The Balaban J connectivity index is 3.35. The molecule has 0 aromatic carbocycles. The molecule has 322 valence electrons. The van der Waals surface area contributed by atoms with E-state index < -0.39 is 12.1 Å². The lowest BCUT2D eigenvalue weighted by Crippen LogP contribution is -2.45. The predicted octanol–water partition coefficient (Wildman–Crippen LogP) is 15.2. The van der Waals surface area contributed by atoms with E-state index in [4.69, 9.17) is 0 Å². The van der Waals surface area contributed by atoms with E-state index in [-0.39, 0.29) is 12.5 Å². The lowest BCUT2D eigenvalue weighted by atomic mass is 10.0. The van der Waals surface area contributed by atoms with Crippen LogP contribution in [0, 0.1) is 0 Å². The summed E-state index contributed by atoms with van der Waals surface area (Å²) in [5, 5.41) is 22.4. The van der Waals surface area contributed by atoms with Crippen molar-refractivity contribution in [3.05, 3.63) is 85.1 Å². The average Bonchev–Trinajstić information content (AvgIpc) is 3.20. The zero-order valence-electron chi connectivity index (χ0n) is 36.9. The number of hydrogen-bond donors (Lipinski definition) is 3. The van der Waals surface area contributed by atoms with Crippen LogP contribution in [0.4, 0.5) is 0 Å². The van der Waals surface area contributed by atoms with E-state index >= 15 is 0 Å². The first-order valence-electron chi connectivity index (χ1n) is 23.8. The standard InChI is InChI=1S/C52H91NO3/c1-3-5-7-8-9-10-11-12-13-14-15-16-17-18-19-20-21-22-23-24-25-26-27-28-29-30-31-32-33-34-35-36-37-38-39-40-41-42-43-44-46-48-52(56)53-50(49-54)51(55)47-45-6-4-2/h5,7,9-10,12-13,15-16,18-19,21-22,45,47,50-51,54-55H,3-4,6,8,11,14,17,20,23-44,46,48-49H2,1-2H3,(H,53,56)/b7-5-,10-9-,13-12-,16-15-,19-18-,22-21-,47-45+. The number of amides is 1. The molecule has 1 amide bonds. The van der Waals surface area contributed by atoms with Crippen molar-refractivity contribution < 1.29 is 15.0 Å². The van der Waals surface area contributed by atoms with E-state index in [1.165, 1.54) is 135 Å². The first-order chi connectivity index (χ1) is 27.7. The number of unbranched alkanes of at least 4 members (excludes halogenated alkanes) is 23. The lowest BCUT2D eigenvalue weighted by molar-refractivity contribution is -0.123. The second kappa shape index (κ2) is 46.9. The molecular weight excluding hydrogens is 687 g/mol. The number of aliphatic hydroxyl groups is 2. The molecule has 0 aromatic rings. The van der Waals surface area contributed by atoms with Crippen LogP contribution < -0.4 is 5.32 Å². The van der Waals surface area contributed by atoms with Crippen LogP contribution in [0.3, 0.4) is 0 Å². The fourth-order valence-electron chi connectivity index (χ4n) is 6.78. The van der Waals surface area contributed by atoms with Crippen LogP contribution in [-0.4, -0.2) is 34.9 Å². The van der Waals surface area contributed by atoms with Gasteiger partial charge in [0.05, 0.1) is 18.8 Å². The normalized spacial score (nSPS) is 13.7. The topological polar surface area (TPSA) is 69.6 Å². The van der Waals surface area contributed by atoms with E-state index in [0.717, 1.165) is 64.2 Å². The highest BCUT2D eigenvalue weighted by atomic mass is 16.3. The van der Waals surface area contributed by atoms with Crippen molar-refractivity contribution >= 4 is 5.91 Å². The highest BCUT2D eigenvalue weighted by molar-refractivity contribution is 5.76. The quantitative estimate of drug-likeness (QED) is 0.0427. The van der Waals surface area contributed by atoms with Crippen molar-refractivity contribution in [2.75, 3.05) is 6.61 Å². The van der Waals surface area contributed by atoms with Gasteiger partial charge in [-0.3, -0.25) is 4.79 Å². The maximum absolute atomic E-state index is 12.2. The van der Waals surface area contributed by atoms with Crippen LogP contribution in [0.2, 0.25) is 0 Å². The number of rotatable bonds is 42. The second-order valence-electron chi connectivity index (χ2n) is 15.8. The third-order valence-electron chi connectivity index (χ3n) is 10.4. The Bertz CT molecular complexity index is 1020. The number of nitrogens with one attached hydrogen (secondary N) is 1. The molecule has 3 N–H and O–H groups in total. The third-order valence-corrected chi connectivity index (χ3v) is 10.4. The summed E-state index contributed by atoms with van der Waals surface area (Å²) in [7, 11) is 0. The van der Waals surface area contributed by atoms with Crippen LogP contribution >= 0.6 is 0 Å². The molecule has 0 aliphatic carbocycles. The maximum atomic E-state index is 12.2. The van der Waals surface area contributed by atoms with Crippen molar-refractivity contribution in [3.63, 3.8) is 0 Å². The van der Waals surface area contributed by atoms with Crippen LogP contribution in [-0.2, 0) is 4.79 Å². The maximum Gasteiger partial charge on any atom is 0.220 e. The molecule has 4 nitrogen and oxygen atoms in total. The minimum atomic E-state index is -0.835. The molecule has 0 fully saturated rings. The Hall–Kier alpha value is -2.43. The molecule has 4 heteroatoms. The number of carbonyl (C=O) groups excluding carboxylic acids is 1. The Labute approximate surface area is 348 Å². The van der Waals surface area contributed by atoms with Crippen LogP contribution in [0.1, 0.15) is 219 Å². The van der Waals surface area contributed by atoms with Crippen molar-refractivity contribution in [1.82, 2.24) is 5.32 Å². The Morgan fingerprint density at radius 1 is 0.446 bits per heavy atom. The zero-order chi connectivity index (χ0) is 40.7. The van der Waals surface area contributed by atoms with Crippen molar-refractivity contribution in [2.24, 2.45) is 0 Å². The van der Waals surface area contributed by atoms with Gasteiger partial charge >= 0.3 is 0 Å². The summed E-state index contributed by atoms with van der Waals surface area (Å²) in [6, 6.07) is -0.618. The number of hydrogen-bond acceptors (Lipinski definition) is 3. The number of allylic oxidation sites excluding steroid dienone is 13. The van der Waals surface area contributed by atoms with Crippen LogP contribution in [0.25, 0.3) is 0 Å². The van der Waals surface area contributed by atoms with Gasteiger partial charge in [-0.05, 0) is 64.2 Å². The molecule has 0 spiro atoms. The van der Waals surface area contributed by atoms with Crippen LogP contribution in [0.5, 0.6) is 0 Å². The Morgan fingerprint density at radius 2 is 0.786 bits per heavy atom. The summed E-state index contributed by atoms with van der Waals surface area (Å²) in [6.07, 6.45) is 69.4. The minimum absolute atomic E-state index is 0.0762. The Morgan fingerprint density at radius 3 is 1.14 bits per heavy atom. The monoisotopic (exact) mass is 778 g/mol. The zero-order valence-corrected chi connectivity index (χ0v) is 36.9. The lowest BCUT2D eigenvalue weighted by Gasteiger charge is -2.19. The molecular formula is C52H91NO3. The van der Waals surface area contributed by atoms with Gasteiger partial charge < -0.3 is 15.5 Å². The van der Waals surface area contributed by atoms with E-state index in [2.05, 4.69) is 92.1 Å². The van der Waals surface area contributed by atoms with Crippen molar-refractivity contribution in [2.45, 2.75) is 231 Å². The summed E-state index contributed by atoms with van der Waals surface area (Å²) in [5.41, 5.74) is 0. The highest BCUT2D eigenvalue weighted by Gasteiger charge is 2.17. The van der Waals surface area contributed by atoms with Crippen molar-refractivity contribution in [1.29, 1.82) is 0 Å². The number of carbonyl (C=O) groups is 1. The summed E-state index contributed by atoms with van der Waals surface area (Å²) in [6.45, 7) is 3.99. The van der Waals surface area contributed by atoms with Gasteiger partial charge in [0.25, 0.3) is 0 Å². The van der Waals surface area contributed by atoms with Gasteiger partial charge in [-0.25, -0.2) is 0 Å². The number of aliphatic hydroxyl groups excluding tert-OH is 2. The molecule has 56 heavy (non-hydrogen) atoms. The van der Waals surface area contributed by atoms with E-state index in [9.17, 15) is 15.0 Å². The van der Waals surface area contributed by atoms with Gasteiger partial charge in [-0.15, -0.1) is 0 Å². The molecule has 0 rings (SSSR count). The first-order valence-corrected chi connectivity index (χ1v) is 23.8. The molecule has 0 aliphatic rings. The molecule has 0 saturated carbocycles. The molecule has 0 aromatic heterocycles. The smallest absolute Gasteiger partial charge is 0.220 e. The third kappa shape index (κ3) is 42.7. The van der Waals surface area contributed by atoms with Crippen molar-refractivity contribution in [3.8, 4) is 0 Å². The molecule has 0 radical (unpaired) electrons. The van der Waals surface area contributed by atoms with Gasteiger partial charge in [0.2, 0.25) is 5.91 Å². The fraction of sp³-hybridized carbons (Fsp3) is 0.712. The van der Waals surface area contributed by atoms with Crippen LogP contribution in [0.15, 0.2) is 85.1 Å². The largest absolute Gasteiger partial charge is 0.394 e. The summed E-state index contributed by atoms with van der Waals surface area (Å²) < 4.78 is 0. The van der Waals surface area contributed by atoms with Gasteiger partial charge in [0, 0.05) is 6.42 Å². The average molecular weight is 778 g/mol. The second-order valence-corrected chi connectivity index (χ2v) is 15.8. The minimum Gasteiger partial charge on any atom is -0.394 e. The molecule has 2 unspecified atom stereocenters. The van der Waals surface area contributed by atoms with E-state index in [0.29, 0.717) is 6.42 Å². The molecule has 0 bridgehead atoms. The summed E-state index contributed by atoms with van der Waals surface area (Å²) in [4.78, 5) is 12.2. The van der Waals surface area contributed by atoms with Gasteiger partial charge in [0.1, 0.15) is 0 Å². The molecule has 2 atom stereocenters. The van der Waals surface area contributed by atoms with Gasteiger partial charge in [-0.2, -0.15) is 0 Å². The molecule has 0 saturated heterocycles. The summed E-state index contributed by atoms with van der Waals surface area (Å²) >= 11 is 0. The summed E-state index contributed by atoms with van der Waals surface area (Å²) in [5.74, 6) is -0.0762. The highest BCUT2D eigenvalue weighted by Crippen LogP contribution is 2.16. The molecule has 0 heterocycles. The van der Waals surface area contributed by atoms with E-state index in [1.807, 2.05) is 6.08 Å². The van der Waals surface area contributed by atoms with E-state index in [1.54, 1.807) is 6.08 Å². The molecule has 0 aliphatic heterocycles. The van der Waals surface area contributed by atoms with Gasteiger partial charge in [-0.1, -0.05) is 234 Å². The predicted molar refractivity (Wildman–Crippen MR) is 248 cm³/mol. The Kier molecular flexibility index (Phi) is 44.9. The fourth-order valence-corrected chi connectivity index (χ4v) is 6.78. The SMILES string of the molecule is CC/C=C\C/C=C\C/C=C\C/C=C\C/C=C\C/C=C\CCCCCCCCCCCCCCCCCCCCCCCCC(=O)NC(CO)C(O)/C=C/CCC. The van der Waals surface area contributed by atoms with Gasteiger partial charge in [0.15, 0.2) is 0 Å².